The molecule has 1 N–H and O–H groups in total. The number of fused-ring (bicyclic) bond motifs is 1. The number of hydrogen-bond acceptors (Lipinski definition) is 5. The Bertz CT molecular complexity index is 994. The lowest BCUT2D eigenvalue weighted by Gasteiger charge is -2.03. The lowest BCUT2D eigenvalue weighted by molar-refractivity contribution is 0.477. The molecule has 0 saturated carbocycles. The van der Waals surface area contributed by atoms with Crippen molar-refractivity contribution in [2.24, 2.45) is 10.2 Å². The summed E-state index contributed by atoms with van der Waals surface area (Å²) in [6.45, 7) is 0. The number of aromatic hydroxyl groups is 1. The van der Waals surface area contributed by atoms with E-state index >= 15 is 0 Å². The van der Waals surface area contributed by atoms with Crippen LogP contribution in [0.3, 0.4) is 0 Å². The Morgan fingerprint density at radius 1 is 0.870 bits per heavy atom. The van der Waals surface area contributed by atoms with Crippen molar-refractivity contribution in [1.82, 2.24) is 0 Å². The van der Waals surface area contributed by atoms with Gasteiger partial charge in [0.2, 0.25) is 0 Å². The van der Waals surface area contributed by atoms with Crippen LogP contribution < -0.4 is 0 Å². The number of benzene rings is 3. The minimum atomic E-state index is -3.23. The molecule has 0 aliphatic carbocycles. The first kappa shape index (κ1) is 15.2. The van der Waals surface area contributed by atoms with Gasteiger partial charge in [-0.1, -0.05) is 30.3 Å². The molecular formula is C17H14N2O3S. The minimum Gasteiger partial charge on any atom is -0.506 e. The van der Waals surface area contributed by atoms with E-state index in [0.29, 0.717) is 11.4 Å². The monoisotopic (exact) mass is 326 g/mol. The number of nitrogens with zero attached hydrogens (tertiary/aromatic N) is 2. The Balaban J connectivity index is 1.99. The van der Waals surface area contributed by atoms with Gasteiger partial charge in [-0.25, -0.2) is 8.42 Å². The highest BCUT2D eigenvalue weighted by Crippen LogP contribution is 2.35. The highest BCUT2D eigenvalue weighted by molar-refractivity contribution is 7.90. The van der Waals surface area contributed by atoms with Crippen molar-refractivity contribution in [3.8, 4) is 5.75 Å². The summed E-state index contributed by atoms with van der Waals surface area (Å²) in [5.74, 6) is 0.0419. The zero-order valence-corrected chi connectivity index (χ0v) is 13.2. The SMILES string of the molecule is CS(=O)(=O)c1ccc(N=Nc2c(O)ccc3ccccc23)cc1. The maximum atomic E-state index is 11.4. The van der Waals surface area contributed by atoms with E-state index in [1.165, 1.54) is 12.1 Å². The van der Waals surface area contributed by atoms with Gasteiger partial charge in [-0.05, 0) is 35.7 Å². The fourth-order valence-electron chi connectivity index (χ4n) is 2.22. The zero-order chi connectivity index (χ0) is 16.4. The molecule has 0 unspecified atom stereocenters. The molecule has 0 radical (unpaired) electrons. The summed E-state index contributed by atoms with van der Waals surface area (Å²) >= 11 is 0. The molecule has 116 valence electrons. The third-order valence-corrected chi connectivity index (χ3v) is 4.54. The van der Waals surface area contributed by atoms with Gasteiger partial charge < -0.3 is 5.11 Å². The number of phenols is 1. The summed E-state index contributed by atoms with van der Waals surface area (Å²) in [7, 11) is -3.23. The zero-order valence-electron chi connectivity index (χ0n) is 12.3. The van der Waals surface area contributed by atoms with Gasteiger partial charge in [-0.2, -0.15) is 5.11 Å². The van der Waals surface area contributed by atoms with Crippen molar-refractivity contribution >= 4 is 32.0 Å². The number of phenolic OH excluding ortho intramolecular Hbond substituents is 1. The van der Waals surface area contributed by atoms with E-state index < -0.39 is 9.84 Å². The summed E-state index contributed by atoms with van der Waals surface area (Å²) in [6.07, 6.45) is 1.15. The lowest BCUT2D eigenvalue weighted by Crippen LogP contribution is -1.95. The molecule has 5 nitrogen and oxygen atoms in total. The summed E-state index contributed by atoms with van der Waals surface area (Å²) in [6, 6.07) is 17.0. The molecule has 6 heteroatoms. The van der Waals surface area contributed by atoms with E-state index in [1.54, 1.807) is 18.2 Å². The molecule has 0 atom stereocenters. The Hall–Kier alpha value is -2.73. The van der Waals surface area contributed by atoms with Gasteiger partial charge in [0.05, 0.1) is 10.6 Å². The second kappa shape index (κ2) is 5.81. The third kappa shape index (κ3) is 3.22. The number of hydrogen-bond donors (Lipinski definition) is 1. The van der Waals surface area contributed by atoms with E-state index in [-0.39, 0.29) is 10.6 Å². The van der Waals surface area contributed by atoms with Gasteiger partial charge in [0, 0.05) is 11.6 Å². The third-order valence-electron chi connectivity index (χ3n) is 3.41. The number of rotatable bonds is 3. The lowest BCUT2D eigenvalue weighted by atomic mass is 10.1. The Kier molecular flexibility index (Phi) is 3.83. The van der Waals surface area contributed by atoms with Crippen molar-refractivity contribution < 1.29 is 13.5 Å². The molecule has 0 spiro atoms. The maximum absolute atomic E-state index is 11.4. The molecule has 0 heterocycles. The van der Waals surface area contributed by atoms with Crippen LogP contribution in [0.25, 0.3) is 10.8 Å². The predicted octanol–water partition coefficient (Wildman–Crippen LogP) is 4.36. The van der Waals surface area contributed by atoms with Gasteiger partial charge >= 0.3 is 0 Å². The molecule has 0 fully saturated rings. The molecule has 0 aliphatic rings. The largest absolute Gasteiger partial charge is 0.506 e. The number of sulfone groups is 1. The molecule has 3 rings (SSSR count). The second-order valence-corrected chi connectivity index (χ2v) is 7.14. The first-order chi connectivity index (χ1) is 10.9. The molecule has 3 aromatic rings. The van der Waals surface area contributed by atoms with Gasteiger partial charge in [-0.3, -0.25) is 0 Å². The van der Waals surface area contributed by atoms with E-state index in [4.69, 9.17) is 0 Å². The van der Waals surface area contributed by atoms with E-state index in [2.05, 4.69) is 10.2 Å². The summed E-state index contributed by atoms with van der Waals surface area (Å²) in [5, 5.41) is 20.0. The topological polar surface area (TPSA) is 79.1 Å². The average Bonchev–Trinajstić information content (AvgIpc) is 2.53. The van der Waals surface area contributed by atoms with Crippen LogP contribution in [-0.4, -0.2) is 19.8 Å². The minimum absolute atomic E-state index is 0.0419. The first-order valence-electron chi connectivity index (χ1n) is 6.88. The van der Waals surface area contributed by atoms with Crippen LogP contribution in [0, 0.1) is 0 Å². The van der Waals surface area contributed by atoms with Gasteiger partial charge in [0.15, 0.2) is 9.84 Å². The fourth-order valence-corrected chi connectivity index (χ4v) is 2.85. The average molecular weight is 326 g/mol. The molecule has 3 aromatic carbocycles. The van der Waals surface area contributed by atoms with E-state index in [9.17, 15) is 13.5 Å². The molecule has 0 amide bonds. The standard InChI is InChI=1S/C17H14N2O3S/c1-23(21,22)14-9-7-13(8-10-14)18-19-17-15-5-3-2-4-12(15)6-11-16(17)20/h2-11,20H,1H3. The second-order valence-electron chi connectivity index (χ2n) is 5.12. The highest BCUT2D eigenvalue weighted by Gasteiger charge is 2.07. The normalized spacial score (nSPS) is 12.0. The van der Waals surface area contributed by atoms with Crippen molar-refractivity contribution in [3.63, 3.8) is 0 Å². The molecule has 0 aliphatic heterocycles. The van der Waals surface area contributed by atoms with Crippen molar-refractivity contribution in [2.75, 3.05) is 6.26 Å². The van der Waals surface area contributed by atoms with Crippen LogP contribution in [0.5, 0.6) is 5.75 Å². The Morgan fingerprint density at radius 3 is 2.26 bits per heavy atom. The van der Waals surface area contributed by atoms with Crippen molar-refractivity contribution in [3.05, 3.63) is 60.7 Å². The number of azo groups is 1. The van der Waals surface area contributed by atoms with Crippen molar-refractivity contribution in [2.45, 2.75) is 4.90 Å². The van der Waals surface area contributed by atoms with Crippen LogP contribution in [-0.2, 0) is 9.84 Å². The van der Waals surface area contributed by atoms with Crippen LogP contribution in [0.4, 0.5) is 11.4 Å². The summed E-state index contributed by atoms with van der Waals surface area (Å²) < 4.78 is 22.9. The smallest absolute Gasteiger partial charge is 0.175 e. The van der Waals surface area contributed by atoms with Crippen molar-refractivity contribution in [1.29, 1.82) is 0 Å². The van der Waals surface area contributed by atoms with Crippen LogP contribution >= 0.6 is 0 Å². The van der Waals surface area contributed by atoms with Crippen LogP contribution in [0.1, 0.15) is 0 Å². The molecular weight excluding hydrogens is 312 g/mol. The van der Waals surface area contributed by atoms with Gasteiger partial charge in [0.1, 0.15) is 11.4 Å². The van der Waals surface area contributed by atoms with Gasteiger partial charge in [0.25, 0.3) is 0 Å². The molecule has 23 heavy (non-hydrogen) atoms. The summed E-state index contributed by atoms with van der Waals surface area (Å²) in [5.41, 5.74) is 0.889. The van der Waals surface area contributed by atoms with E-state index in [0.717, 1.165) is 17.0 Å². The van der Waals surface area contributed by atoms with Gasteiger partial charge in [-0.15, -0.1) is 5.11 Å². The Labute approximate surface area is 133 Å². The summed E-state index contributed by atoms with van der Waals surface area (Å²) in [4.78, 5) is 0.226. The molecule has 0 aromatic heterocycles. The Morgan fingerprint density at radius 2 is 1.57 bits per heavy atom. The molecule has 0 bridgehead atoms. The molecule has 0 saturated heterocycles. The quantitative estimate of drug-likeness (QED) is 0.726. The fraction of sp³-hybridized carbons (Fsp3) is 0.0588. The predicted molar refractivity (Wildman–Crippen MR) is 89.3 cm³/mol. The highest BCUT2D eigenvalue weighted by atomic mass is 32.2. The van der Waals surface area contributed by atoms with Crippen LogP contribution in [0.15, 0.2) is 75.8 Å². The van der Waals surface area contributed by atoms with Crippen LogP contribution in [0.2, 0.25) is 0 Å². The maximum Gasteiger partial charge on any atom is 0.175 e. The van der Waals surface area contributed by atoms with E-state index in [1.807, 2.05) is 30.3 Å². The first-order valence-corrected chi connectivity index (χ1v) is 8.77.